The molecular formula is C14H26N2O. The Hall–Kier alpha value is -0.800. The van der Waals surface area contributed by atoms with Crippen LogP contribution in [0.2, 0.25) is 0 Å². The van der Waals surface area contributed by atoms with Crippen molar-refractivity contribution in [3.63, 3.8) is 0 Å². The van der Waals surface area contributed by atoms with E-state index in [1.54, 1.807) is 7.11 Å². The minimum atomic E-state index is 0.161. The Morgan fingerprint density at radius 3 is 2.59 bits per heavy atom. The van der Waals surface area contributed by atoms with Crippen molar-refractivity contribution < 1.29 is 4.74 Å². The van der Waals surface area contributed by atoms with E-state index in [-0.39, 0.29) is 11.6 Å². The molecule has 3 heteroatoms. The van der Waals surface area contributed by atoms with Crippen LogP contribution in [0.25, 0.3) is 0 Å². The van der Waals surface area contributed by atoms with Gasteiger partial charge in [-0.15, -0.1) is 0 Å². The third-order valence-electron chi connectivity index (χ3n) is 3.02. The summed E-state index contributed by atoms with van der Waals surface area (Å²) in [7, 11) is 1.76. The van der Waals surface area contributed by atoms with Gasteiger partial charge < -0.3 is 14.6 Å². The quantitative estimate of drug-likeness (QED) is 0.853. The number of ether oxygens (including phenoxy) is 1. The van der Waals surface area contributed by atoms with Crippen LogP contribution in [-0.2, 0) is 17.8 Å². The Balaban J connectivity index is 2.64. The zero-order valence-electron chi connectivity index (χ0n) is 12.0. The van der Waals surface area contributed by atoms with E-state index in [4.69, 9.17) is 4.74 Å². The number of nitrogens with one attached hydrogen (secondary N) is 1. The van der Waals surface area contributed by atoms with Crippen LogP contribution in [0.3, 0.4) is 0 Å². The molecule has 0 saturated heterocycles. The summed E-state index contributed by atoms with van der Waals surface area (Å²) in [6, 6.07) is 2.19. The molecule has 0 aliphatic rings. The van der Waals surface area contributed by atoms with Gasteiger partial charge in [0.05, 0.1) is 6.10 Å². The topological polar surface area (TPSA) is 26.2 Å². The third-order valence-corrected chi connectivity index (χ3v) is 3.02. The second-order valence-corrected chi connectivity index (χ2v) is 5.73. The van der Waals surface area contributed by atoms with Crippen LogP contribution in [0.4, 0.5) is 0 Å². The first kappa shape index (κ1) is 14.3. The first-order chi connectivity index (χ1) is 7.83. The van der Waals surface area contributed by atoms with Crippen molar-refractivity contribution in [1.82, 2.24) is 9.88 Å². The van der Waals surface area contributed by atoms with Gasteiger partial charge in [0.15, 0.2) is 0 Å². The molecule has 0 fully saturated rings. The van der Waals surface area contributed by atoms with Gasteiger partial charge >= 0.3 is 0 Å². The van der Waals surface area contributed by atoms with Gasteiger partial charge in [-0.3, -0.25) is 0 Å². The van der Waals surface area contributed by atoms with Gasteiger partial charge in [0.1, 0.15) is 0 Å². The minimum absolute atomic E-state index is 0.161. The molecule has 0 radical (unpaired) electrons. The number of aromatic nitrogens is 1. The summed E-state index contributed by atoms with van der Waals surface area (Å²) in [4.78, 5) is 0. The molecule has 0 spiro atoms. The molecule has 0 amide bonds. The fourth-order valence-electron chi connectivity index (χ4n) is 1.69. The van der Waals surface area contributed by atoms with Crippen LogP contribution in [0.15, 0.2) is 12.3 Å². The Kier molecular flexibility index (Phi) is 4.78. The van der Waals surface area contributed by atoms with Crippen LogP contribution in [-0.4, -0.2) is 23.3 Å². The number of hydrogen-bond acceptors (Lipinski definition) is 2. The van der Waals surface area contributed by atoms with Gasteiger partial charge in [-0.1, -0.05) is 0 Å². The number of nitrogens with zero attached hydrogens (tertiary/aromatic N) is 1. The molecule has 1 heterocycles. The fourth-order valence-corrected chi connectivity index (χ4v) is 1.69. The molecule has 1 atom stereocenters. The van der Waals surface area contributed by atoms with Crippen LogP contribution < -0.4 is 5.32 Å². The van der Waals surface area contributed by atoms with E-state index >= 15 is 0 Å². The highest BCUT2D eigenvalue weighted by atomic mass is 16.5. The first-order valence-electron chi connectivity index (χ1n) is 6.26. The average Bonchev–Trinajstić information content (AvgIpc) is 2.56. The van der Waals surface area contributed by atoms with Gasteiger partial charge in [0, 0.05) is 37.6 Å². The molecule has 0 aliphatic heterocycles. The standard InChI is InChI=1S/C14H26N2O/c1-11(17-6)10-16-8-7-13(12(16)2)9-15-14(3,4)5/h7-8,11,15H,9-10H2,1-6H3. The lowest BCUT2D eigenvalue weighted by atomic mass is 10.1. The summed E-state index contributed by atoms with van der Waals surface area (Å²) in [6.45, 7) is 12.7. The highest BCUT2D eigenvalue weighted by Crippen LogP contribution is 2.12. The fraction of sp³-hybridized carbons (Fsp3) is 0.714. The van der Waals surface area contributed by atoms with Crippen molar-refractivity contribution in [3.05, 3.63) is 23.5 Å². The summed E-state index contributed by atoms with van der Waals surface area (Å²) in [6.07, 6.45) is 2.40. The summed E-state index contributed by atoms with van der Waals surface area (Å²) in [5, 5.41) is 3.52. The molecule has 0 bridgehead atoms. The SMILES string of the molecule is COC(C)Cn1ccc(CNC(C)(C)C)c1C. The molecule has 17 heavy (non-hydrogen) atoms. The van der Waals surface area contributed by atoms with E-state index in [2.05, 4.69) is 56.8 Å². The van der Waals surface area contributed by atoms with Gasteiger partial charge in [-0.05, 0) is 46.2 Å². The normalized spacial score (nSPS) is 14.0. The maximum absolute atomic E-state index is 5.30. The van der Waals surface area contributed by atoms with Crippen molar-refractivity contribution in [1.29, 1.82) is 0 Å². The highest BCUT2D eigenvalue weighted by Gasteiger charge is 2.11. The lowest BCUT2D eigenvalue weighted by Crippen LogP contribution is -2.35. The third kappa shape index (κ3) is 4.52. The van der Waals surface area contributed by atoms with Crippen molar-refractivity contribution in [3.8, 4) is 0 Å². The van der Waals surface area contributed by atoms with Crippen LogP contribution in [0, 0.1) is 6.92 Å². The van der Waals surface area contributed by atoms with Crippen molar-refractivity contribution in [2.45, 2.75) is 59.4 Å². The maximum Gasteiger partial charge on any atom is 0.0722 e. The Morgan fingerprint density at radius 1 is 1.41 bits per heavy atom. The van der Waals surface area contributed by atoms with Crippen molar-refractivity contribution >= 4 is 0 Å². The Morgan fingerprint density at radius 2 is 2.06 bits per heavy atom. The first-order valence-corrected chi connectivity index (χ1v) is 6.26. The maximum atomic E-state index is 5.30. The molecule has 0 aromatic carbocycles. The molecule has 3 nitrogen and oxygen atoms in total. The predicted molar refractivity (Wildman–Crippen MR) is 72.2 cm³/mol. The van der Waals surface area contributed by atoms with E-state index in [9.17, 15) is 0 Å². The van der Waals surface area contributed by atoms with Gasteiger partial charge in [-0.25, -0.2) is 0 Å². The molecule has 0 aliphatic carbocycles. The Bertz CT molecular complexity index is 350. The second kappa shape index (κ2) is 5.69. The van der Waals surface area contributed by atoms with Crippen molar-refractivity contribution in [2.24, 2.45) is 0 Å². The van der Waals surface area contributed by atoms with E-state index < -0.39 is 0 Å². The molecule has 98 valence electrons. The summed E-state index contributed by atoms with van der Waals surface area (Å²) in [5.74, 6) is 0. The zero-order valence-corrected chi connectivity index (χ0v) is 12.0. The van der Waals surface area contributed by atoms with Crippen LogP contribution in [0.1, 0.15) is 39.0 Å². The lowest BCUT2D eigenvalue weighted by Gasteiger charge is -2.20. The minimum Gasteiger partial charge on any atom is -0.380 e. The lowest BCUT2D eigenvalue weighted by molar-refractivity contribution is 0.103. The molecule has 1 unspecified atom stereocenters. The summed E-state index contributed by atoms with van der Waals surface area (Å²) >= 11 is 0. The summed E-state index contributed by atoms with van der Waals surface area (Å²) < 4.78 is 7.55. The summed E-state index contributed by atoms with van der Waals surface area (Å²) in [5.41, 5.74) is 2.85. The predicted octanol–water partition coefficient (Wildman–Crippen LogP) is 2.72. The molecule has 1 N–H and O–H groups in total. The Labute approximate surface area is 105 Å². The van der Waals surface area contributed by atoms with Crippen molar-refractivity contribution in [2.75, 3.05) is 7.11 Å². The smallest absolute Gasteiger partial charge is 0.0722 e. The number of rotatable bonds is 5. The van der Waals surface area contributed by atoms with Gasteiger partial charge in [0.25, 0.3) is 0 Å². The molecule has 1 rings (SSSR count). The molecule has 0 saturated carbocycles. The van der Waals surface area contributed by atoms with E-state index in [1.165, 1.54) is 11.3 Å². The zero-order chi connectivity index (χ0) is 13.1. The largest absolute Gasteiger partial charge is 0.380 e. The average molecular weight is 238 g/mol. The highest BCUT2D eigenvalue weighted by molar-refractivity contribution is 5.21. The molecule has 1 aromatic rings. The number of methoxy groups -OCH3 is 1. The second-order valence-electron chi connectivity index (χ2n) is 5.73. The van der Waals surface area contributed by atoms with E-state index in [0.29, 0.717) is 0 Å². The van der Waals surface area contributed by atoms with Gasteiger partial charge in [0.2, 0.25) is 0 Å². The molecular weight excluding hydrogens is 212 g/mol. The van der Waals surface area contributed by atoms with Gasteiger partial charge in [-0.2, -0.15) is 0 Å². The van der Waals surface area contributed by atoms with E-state index in [1.807, 2.05) is 0 Å². The monoisotopic (exact) mass is 238 g/mol. The van der Waals surface area contributed by atoms with E-state index in [0.717, 1.165) is 13.1 Å². The van der Waals surface area contributed by atoms with Crippen LogP contribution in [0.5, 0.6) is 0 Å². The number of hydrogen-bond donors (Lipinski definition) is 1. The molecule has 1 aromatic heterocycles. The van der Waals surface area contributed by atoms with Crippen LogP contribution >= 0.6 is 0 Å².